The average Bonchev–Trinajstić information content (AvgIpc) is 3.09. The molecule has 0 bridgehead atoms. The molecule has 1 aromatic heterocycles. The van der Waals surface area contributed by atoms with E-state index in [1.807, 2.05) is 0 Å². The minimum absolute atomic E-state index is 0.238. The summed E-state index contributed by atoms with van der Waals surface area (Å²) < 4.78 is 0. The van der Waals surface area contributed by atoms with Gasteiger partial charge >= 0.3 is 6.03 Å². The molecule has 8 nitrogen and oxygen atoms in total. The van der Waals surface area contributed by atoms with Crippen LogP contribution in [0.25, 0.3) is 0 Å². The van der Waals surface area contributed by atoms with Crippen LogP contribution in [-0.4, -0.2) is 45.6 Å². The second-order valence-electron chi connectivity index (χ2n) is 6.14. The number of hydrogen-bond acceptors (Lipinski definition) is 5. The summed E-state index contributed by atoms with van der Waals surface area (Å²) in [6.45, 7) is 0.986. The maximum Gasteiger partial charge on any atom is 0.325 e. The second kappa shape index (κ2) is 6.03. The van der Waals surface area contributed by atoms with E-state index in [4.69, 9.17) is 0 Å². The van der Waals surface area contributed by atoms with Crippen molar-refractivity contribution in [2.75, 3.05) is 11.9 Å². The van der Waals surface area contributed by atoms with Crippen molar-refractivity contribution in [1.82, 2.24) is 15.2 Å². The molecule has 2 heterocycles. The fourth-order valence-electron chi connectivity index (χ4n) is 3.25. The van der Waals surface area contributed by atoms with Crippen molar-refractivity contribution >= 4 is 29.3 Å². The zero-order valence-corrected chi connectivity index (χ0v) is 13.3. The number of anilines is 1. The molecule has 0 aromatic carbocycles. The van der Waals surface area contributed by atoms with Gasteiger partial charge in [-0.3, -0.25) is 24.3 Å². The first kappa shape index (κ1) is 16.1. The van der Waals surface area contributed by atoms with E-state index in [-0.39, 0.29) is 23.8 Å². The molecule has 1 spiro atoms. The van der Waals surface area contributed by atoms with Gasteiger partial charge in [-0.25, -0.2) is 4.79 Å². The molecule has 8 heteroatoms. The Morgan fingerprint density at radius 2 is 2.04 bits per heavy atom. The van der Waals surface area contributed by atoms with Gasteiger partial charge in [-0.05, 0) is 25.8 Å². The van der Waals surface area contributed by atoms with Crippen LogP contribution < -0.4 is 10.6 Å². The number of imide groups is 1. The highest BCUT2D eigenvalue weighted by molar-refractivity contribution is 6.11. The van der Waals surface area contributed by atoms with E-state index in [2.05, 4.69) is 15.6 Å². The standard InChI is InChI=1S/C16H18N4O4/c1-10(21)11-8-17-7-4-12(11)18-13(22)9-20-14(23)16(19-15(20)24)5-2-3-6-16/h4,7-8H,2-3,5-6,9H2,1H3,(H,19,24)(H,17,18,22). The van der Waals surface area contributed by atoms with E-state index >= 15 is 0 Å². The molecule has 126 valence electrons. The van der Waals surface area contributed by atoms with Gasteiger partial charge in [-0.2, -0.15) is 0 Å². The first-order valence-corrected chi connectivity index (χ1v) is 7.82. The van der Waals surface area contributed by atoms with Crippen LogP contribution in [0.15, 0.2) is 18.5 Å². The fraction of sp³-hybridized carbons (Fsp3) is 0.438. The molecule has 2 N–H and O–H groups in total. The summed E-state index contributed by atoms with van der Waals surface area (Å²) in [6.07, 6.45) is 5.78. The van der Waals surface area contributed by atoms with Crippen molar-refractivity contribution in [3.8, 4) is 0 Å². The molecular formula is C16H18N4O4. The molecule has 2 aliphatic rings. The maximum absolute atomic E-state index is 12.5. The summed E-state index contributed by atoms with van der Waals surface area (Å²) in [6, 6.07) is 0.956. The lowest BCUT2D eigenvalue weighted by atomic mass is 9.98. The molecule has 1 aliphatic heterocycles. The van der Waals surface area contributed by atoms with Crippen LogP contribution in [0.4, 0.5) is 10.5 Å². The van der Waals surface area contributed by atoms with Gasteiger partial charge in [0.15, 0.2) is 5.78 Å². The van der Waals surface area contributed by atoms with Gasteiger partial charge in [0.1, 0.15) is 12.1 Å². The van der Waals surface area contributed by atoms with Crippen molar-refractivity contribution in [2.45, 2.75) is 38.1 Å². The van der Waals surface area contributed by atoms with Gasteiger partial charge in [-0.1, -0.05) is 12.8 Å². The molecule has 24 heavy (non-hydrogen) atoms. The highest BCUT2D eigenvalue weighted by Crippen LogP contribution is 2.34. The van der Waals surface area contributed by atoms with E-state index < -0.39 is 17.5 Å². The number of urea groups is 1. The van der Waals surface area contributed by atoms with E-state index in [0.29, 0.717) is 18.5 Å². The lowest BCUT2D eigenvalue weighted by Crippen LogP contribution is -2.44. The Morgan fingerprint density at radius 1 is 1.33 bits per heavy atom. The number of rotatable bonds is 4. The van der Waals surface area contributed by atoms with Gasteiger partial charge in [0.05, 0.1) is 11.3 Å². The van der Waals surface area contributed by atoms with Crippen LogP contribution in [0, 0.1) is 0 Å². The summed E-state index contributed by atoms with van der Waals surface area (Å²) in [7, 11) is 0. The minimum atomic E-state index is -0.835. The normalized spacial score (nSPS) is 18.8. The molecule has 4 amide bonds. The number of pyridine rings is 1. The lowest BCUT2D eigenvalue weighted by molar-refractivity contribution is -0.133. The zero-order chi connectivity index (χ0) is 17.3. The second-order valence-corrected chi connectivity index (χ2v) is 6.14. The molecule has 2 fully saturated rings. The van der Waals surface area contributed by atoms with E-state index in [0.717, 1.165) is 17.7 Å². The first-order valence-electron chi connectivity index (χ1n) is 7.82. The summed E-state index contributed by atoms with van der Waals surface area (Å²) in [4.78, 5) is 53.1. The van der Waals surface area contributed by atoms with Gasteiger partial charge in [-0.15, -0.1) is 0 Å². The highest BCUT2D eigenvalue weighted by Gasteiger charge is 2.52. The Bertz CT molecular complexity index is 725. The predicted octanol–water partition coefficient (Wildman–Crippen LogP) is 1.09. The number of aromatic nitrogens is 1. The van der Waals surface area contributed by atoms with Crippen LogP contribution in [0.5, 0.6) is 0 Å². The largest absolute Gasteiger partial charge is 0.325 e. The minimum Gasteiger partial charge on any atom is -0.324 e. The van der Waals surface area contributed by atoms with Crippen LogP contribution in [0.2, 0.25) is 0 Å². The molecule has 1 aromatic rings. The average molecular weight is 330 g/mol. The number of carbonyl (C=O) groups excluding carboxylic acids is 4. The smallest absolute Gasteiger partial charge is 0.324 e. The monoisotopic (exact) mass is 330 g/mol. The van der Waals surface area contributed by atoms with Gasteiger partial charge < -0.3 is 10.6 Å². The number of carbonyl (C=O) groups is 4. The summed E-state index contributed by atoms with van der Waals surface area (Å²) in [5.41, 5.74) is -0.251. The molecule has 1 saturated heterocycles. The highest BCUT2D eigenvalue weighted by atomic mass is 16.2. The predicted molar refractivity (Wildman–Crippen MR) is 84.3 cm³/mol. The number of ketones is 1. The van der Waals surface area contributed by atoms with Crippen molar-refractivity contribution in [3.63, 3.8) is 0 Å². The topological polar surface area (TPSA) is 108 Å². The van der Waals surface area contributed by atoms with Crippen LogP contribution in [-0.2, 0) is 9.59 Å². The van der Waals surface area contributed by atoms with Crippen molar-refractivity contribution in [3.05, 3.63) is 24.0 Å². The third-order valence-electron chi connectivity index (χ3n) is 4.48. The van der Waals surface area contributed by atoms with Crippen LogP contribution >= 0.6 is 0 Å². The van der Waals surface area contributed by atoms with Gasteiger partial charge in [0.25, 0.3) is 5.91 Å². The van der Waals surface area contributed by atoms with E-state index in [9.17, 15) is 19.2 Å². The maximum atomic E-state index is 12.5. The van der Waals surface area contributed by atoms with Crippen LogP contribution in [0.3, 0.4) is 0 Å². The molecule has 0 radical (unpaired) electrons. The Labute approximate surface area is 138 Å². The first-order chi connectivity index (χ1) is 11.4. The third-order valence-corrected chi connectivity index (χ3v) is 4.48. The zero-order valence-electron chi connectivity index (χ0n) is 13.3. The van der Waals surface area contributed by atoms with Crippen molar-refractivity contribution < 1.29 is 19.2 Å². The molecule has 0 unspecified atom stereocenters. The van der Waals surface area contributed by atoms with E-state index in [1.165, 1.54) is 25.4 Å². The van der Waals surface area contributed by atoms with Crippen molar-refractivity contribution in [1.29, 1.82) is 0 Å². The lowest BCUT2D eigenvalue weighted by Gasteiger charge is -2.19. The Hall–Kier alpha value is -2.77. The Balaban J connectivity index is 1.71. The molecule has 1 aliphatic carbocycles. The summed E-state index contributed by atoms with van der Waals surface area (Å²) in [5, 5.41) is 5.29. The molecule has 0 atom stereocenters. The Morgan fingerprint density at radius 3 is 2.71 bits per heavy atom. The van der Waals surface area contributed by atoms with Gasteiger partial charge in [0, 0.05) is 12.4 Å². The molecule has 3 rings (SSSR count). The molecular weight excluding hydrogens is 312 g/mol. The van der Waals surface area contributed by atoms with E-state index in [1.54, 1.807) is 0 Å². The summed E-state index contributed by atoms with van der Waals surface area (Å²) >= 11 is 0. The Kier molecular flexibility index (Phi) is 4.04. The SMILES string of the molecule is CC(=O)c1cnccc1NC(=O)CN1C(=O)NC2(CCCC2)C1=O. The quantitative estimate of drug-likeness (QED) is 0.634. The number of nitrogens with one attached hydrogen (secondary N) is 2. The number of nitrogens with zero attached hydrogens (tertiary/aromatic N) is 2. The summed E-state index contributed by atoms with van der Waals surface area (Å²) in [5.74, 6) is -1.12. The third kappa shape index (κ3) is 2.75. The molecule has 1 saturated carbocycles. The number of Topliss-reactive ketones (excluding diaryl/α,β-unsaturated/α-hetero) is 1. The van der Waals surface area contributed by atoms with Crippen molar-refractivity contribution in [2.24, 2.45) is 0 Å². The van der Waals surface area contributed by atoms with Gasteiger partial charge in [0.2, 0.25) is 5.91 Å². The number of amides is 4. The number of hydrogen-bond donors (Lipinski definition) is 2. The van der Waals surface area contributed by atoms with Crippen LogP contribution in [0.1, 0.15) is 43.0 Å². The fourth-order valence-corrected chi connectivity index (χ4v) is 3.25.